The molecular formula is C16H17N5OS. The van der Waals surface area contributed by atoms with E-state index in [4.69, 9.17) is 6.57 Å². The standard InChI is InChI=1S/C16H17N5OS/c1-11(22)5-16-19-7-14(23-16)10-21-8-13(9-21)20-15-4-3-12(17-2)6-18-15/h3-4,6-7,13H,5,8-10H2,1H3,(H,18,20). The lowest BCUT2D eigenvalue weighted by atomic mass is 10.1. The Kier molecular flexibility index (Phi) is 4.65. The first-order valence-corrected chi connectivity index (χ1v) is 8.19. The first-order chi connectivity index (χ1) is 11.1. The van der Waals surface area contributed by atoms with Crippen LogP contribution in [0.1, 0.15) is 16.8 Å². The zero-order valence-electron chi connectivity index (χ0n) is 12.8. The molecule has 1 aliphatic rings. The number of thiazole rings is 1. The van der Waals surface area contributed by atoms with Gasteiger partial charge in [0.25, 0.3) is 0 Å². The van der Waals surface area contributed by atoms with E-state index < -0.39 is 0 Å². The van der Waals surface area contributed by atoms with Crippen LogP contribution in [0.25, 0.3) is 4.85 Å². The van der Waals surface area contributed by atoms with Gasteiger partial charge in [-0.3, -0.25) is 14.7 Å². The van der Waals surface area contributed by atoms with Gasteiger partial charge in [-0.2, -0.15) is 0 Å². The fraction of sp³-hybridized carbons (Fsp3) is 0.375. The molecular weight excluding hydrogens is 310 g/mol. The molecule has 118 valence electrons. The maximum atomic E-state index is 11.1. The van der Waals surface area contributed by atoms with Crippen LogP contribution < -0.4 is 5.32 Å². The second-order valence-electron chi connectivity index (χ2n) is 5.65. The second-order valence-corrected chi connectivity index (χ2v) is 6.85. The first kappa shape index (κ1) is 15.6. The van der Waals surface area contributed by atoms with Gasteiger partial charge in [-0.15, -0.1) is 11.3 Å². The summed E-state index contributed by atoms with van der Waals surface area (Å²) in [6.07, 6.45) is 3.88. The van der Waals surface area contributed by atoms with Crippen LogP contribution in [0.4, 0.5) is 11.5 Å². The van der Waals surface area contributed by atoms with Gasteiger partial charge in [0.05, 0.1) is 19.0 Å². The van der Waals surface area contributed by atoms with E-state index in [0.29, 0.717) is 18.2 Å². The number of Topliss-reactive ketones (excluding diaryl/α,β-unsaturated/α-hetero) is 1. The average molecular weight is 327 g/mol. The van der Waals surface area contributed by atoms with Gasteiger partial charge in [0.2, 0.25) is 5.69 Å². The van der Waals surface area contributed by atoms with Crippen molar-refractivity contribution in [2.75, 3.05) is 18.4 Å². The molecule has 7 heteroatoms. The van der Waals surface area contributed by atoms with Crippen molar-refractivity contribution in [1.82, 2.24) is 14.9 Å². The number of carbonyl (C=O) groups is 1. The molecule has 0 bridgehead atoms. The molecule has 6 nitrogen and oxygen atoms in total. The fourth-order valence-electron chi connectivity index (χ4n) is 2.47. The van der Waals surface area contributed by atoms with Crippen molar-refractivity contribution in [3.05, 3.63) is 45.8 Å². The molecule has 3 rings (SSSR count). The number of ketones is 1. The Morgan fingerprint density at radius 2 is 2.26 bits per heavy atom. The second kappa shape index (κ2) is 6.86. The van der Waals surface area contributed by atoms with Gasteiger partial charge in [0, 0.05) is 36.9 Å². The fourth-order valence-corrected chi connectivity index (χ4v) is 3.51. The van der Waals surface area contributed by atoms with Crippen LogP contribution in [0.2, 0.25) is 0 Å². The average Bonchev–Trinajstić information content (AvgIpc) is 2.92. The van der Waals surface area contributed by atoms with Crippen LogP contribution in [-0.4, -0.2) is 39.8 Å². The Morgan fingerprint density at radius 3 is 2.91 bits per heavy atom. The molecule has 0 spiro atoms. The number of nitrogens with zero attached hydrogens (tertiary/aromatic N) is 4. The topological polar surface area (TPSA) is 62.5 Å². The van der Waals surface area contributed by atoms with E-state index in [-0.39, 0.29) is 5.78 Å². The third kappa shape index (κ3) is 4.12. The Hall–Kier alpha value is -2.30. The molecule has 2 aromatic rings. The van der Waals surface area contributed by atoms with Crippen molar-refractivity contribution in [3.63, 3.8) is 0 Å². The number of anilines is 1. The lowest BCUT2D eigenvalue weighted by molar-refractivity contribution is -0.116. The predicted molar refractivity (Wildman–Crippen MR) is 89.7 cm³/mol. The summed E-state index contributed by atoms with van der Waals surface area (Å²) < 4.78 is 0. The molecule has 0 aliphatic carbocycles. The largest absolute Gasteiger partial charge is 0.365 e. The molecule has 0 radical (unpaired) electrons. The van der Waals surface area contributed by atoms with Crippen LogP contribution >= 0.6 is 11.3 Å². The van der Waals surface area contributed by atoms with E-state index in [1.807, 2.05) is 12.3 Å². The molecule has 0 atom stereocenters. The normalized spacial score (nSPS) is 15.0. The SMILES string of the molecule is [C-]#[N+]c1ccc(NC2CN(Cc3cnc(CC(C)=O)s3)C2)nc1. The highest BCUT2D eigenvalue weighted by molar-refractivity contribution is 7.11. The number of hydrogen-bond acceptors (Lipinski definition) is 6. The molecule has 3 heterocycles. The van der Waals surface area contributed by atoms with Crippen LogP contribution in [0, 0.1) is 6.57 Å². The van der Waals surface area contributed by atoms with Crippen molar-refractivity contribution in [1.29, 1.82) is 0 Å². The minimum atomic E-state index is 0.149. The Bertz CT molecular complexity index is 728. The zero-order valence-corrected chi connectivity index (χ0v) is 13.6. The van der Waals surface area contributed by atoms with Gasteiger partial charge in [-0.25, -0.2) is 9.83 Å². The van der Waals surface area contributed by atoms with Crippen LogP contribution in [-0.2, 0) is 17.8 Å². The van der Waals surface area contributed by atoms with E-state index in [9.17, 15) is 4.79 Å². The Balaban J connectivity index is 1.44. The van der Waals surface area contributed by atoms with E-state index in [1.54, 1.807) is 30.5 Å². The smallest absolute Gasteiger partial charge is 0.205 e. The summed E-state index contributed by atoms with van der Waals surface area (Å²) in [6.45, 7) is 11.3. The van der Waals surface area contributed by atoms with Crippen molar-refractivity contribution in [2.24, 2.45) is 0 Å². The molecule has 2 aromatic heterocycles. The molecule has 1 N–H and O–H groups in total. The Labute approximate surface area is 139 Å². The highest BCUT2D eigenvalue weighted by Gasteiger charge is 2.27. The van der Waals surface area contributed by atoms with E-state index in [2.05, 4.69) is 25.0 Å². The van der Waals surface area contributed by atoms with E-state index in [0.717, 1.165) is 30.5 Å². The van der Waals surface area contributed by atoms with Gasteiger partial charge >= 0.3 is 0 Å². The number of aromatic nitrogens is 2. The van der Waals surface area contributed by atoms with Crippen molar-refractivity contribution >= 4 is 28.6 Å². The first-order valence-electron chi connectivity index (χ1n) is 7.38. The van der Waals surface area contributed by atoms with Crippen LogP contribution in [0.5, 0.6) is 0 Å². The quantitative estimate of drug-likeness (QED) is 0.826. The van der Waals surface area contributed by atoms with Crippen molar-refractivity contribution in [2.45, 2.75) is 25.9 Å². The summed E-state index contributed by atoms with van der Waals surface area (Å²) in [5.74, 6) is 0.958. The molecule has 23 heavy (non-hydrogen) atoms. The van der Waals surface area contributed by atoms with Crippen molar-refractivity contribution < 1.29 is 4.79 Å². The highest BCUT2D eigenvalue weighted by Crippen LogP contribution is 2.21. The zero-order chi connectivity index (χ0) is 16.2. The molecule has 0 unspecified atom stereocenters. The van der Waals surface area contributed by atoms with Gasteiger partial charge in [-0.1, -0.05) is 6.07 Å². The summed E-state index contributed by atoms with van der Waals surface area (Å²) >= 11 is 1.61. The summed E-state index contributed by atoms with van der Waals surface area (Å²) in [5, 5.41) is 4.26. The number of rotatable bonds is 6. The van der Waals surface area contributed by atoms with Crippen LogP contribution in [0.15, 0.2) is 24.5 Å². The maximum absolute atomic E-state index is 11.1. The number of nitrogens with one attached hydrogen (secondary N) is 1. The van der Waals surface area contributed by atoms with Crippen molar-refractivity contribution in [3.8, 4) is 0 Å². The number of pyridine rings is 1. The summed E-state index contributed by atoms with van der Waals surface area (Å²) in [6, 6.07) is 3.99. The number of likely N-dealkylation sites (tertiary alicyclic amines) is 1. The van der Waals surface area contributed by atoms with Gasteiger partial charge in [0.15, 0.2) is 0 Å². The monoisotopic (exact) mass is 327 g/mol. The molecule has 1 saturated heterocycles. The Morgan fingerprint density at radius 1 is 1.43 bits per heavy atom. The van der Waals surface area contributed by atoms with Gasteiger partial charge in [0.1, 0.15) is 16.6 Å². The van der Waals surface area contributed by atoms with Gasteiger partial charge < -0.3 is 5.32 Å². The molecule has 0 aromatic carbocycles. The third-order valence-corrected chi connectivity index (χ3v) is 4.55. The number of hydrogen-bond donors (Lipinski definition) is 1. The molecule has 1 aliphatic heterocycles. The minimum Gasteiger partial charge on any atom is -0.365 e. The summed E-state index contributed by atoms with van der Waals surface area (Å²) in [7, 11) is 0. The highest BCUT2D eigenvalue weighted by atomic mass is 32.1. The minimum absolute atomic E-state index is 0.149. The van der Waals surface area contributed by atoms with E-state index >= 15 is 0 Å². The summed E-state index contributed by atoms with van der Waals surface area (Å²) in [5.41, 5.74) is 0.553. The lowest BCUT2D eigenvalue weighted by Gasteiger charge is -2.39. The van der Waals surface area contributed by atoms with Gasteiger partial charge in [-0.05, 0) is 13.0 Å². The maximum Gasteiger partial charge on any atom is 0.205 e. The summed E-state index contributed by atoms with van der Waals surface area (Å²) in [4.78, 5) is 26.5. The molecule has 0 amide bonds. The lowest BCUT2D eigenvalue weighted by Crippen LogP contribution is -2.54. The molecule has 1 fully saturated rings. The van der Waals surface area contributed by atoms with Crippen LogP contribution in [0.3, 0.4) is 0 Å². The predicted octanol–water partition coefficient (Wildman–Crippen LogP) is 2.52. The number of carbonyl (C=O) groups excluding carboxylic acids is 1. The molecule has 0 saturated carbocycles. The third-order valence-electron chi connectivity index (χ3n) is 3.57. The van der Waals surface area contributed by atoms with E-state index in [1.165, 1.54) is 4.88 Å².